The van der Waals surface area contributed by atoms with Gasteiger partial charge in [-0.3, -0.25) is 4.40 Å². The van der Waals surface area contributed by atoms with Crippen LogP contribution < -0.4 is 0 Å². The maximum atomic E-state index is 13.0. The van der Waals surface area contributed by atoms with Gasteiger partial charge in [-0.15, -0.1) is 10.2 Å². The highest BCUT2D eigenvalue weighted by Crippen LogP contribution is 2.33. The maximum absolute atomic E-state index is 13.0. The van der Waals surface area contributed by atoms with Crippen LogP contribution in [0.2, 0.25) is 5.02 Å². The van der Waals surface area contributed by atoms with Crippen molar-refractivity contribution in [2.75, 3.05) is 0 Å². The van der Waals surface area contributed by atoms with Crippen LogP contribution in [0.3, 0.4) is 0 Å². The van der Waals surface area contributed by atoms with E-state index in [0.717, 1.165) is 28.4 Å². The van der Waals surface area contributed by atoms with E-state index in [-0.39, 0.29) is 27.5 Å². The number of halogens is 5. The van der Waals surface area contributed by atoms with Crippen LogP contribution in [0.25, 0.3) is 17.1 Å². The molecule has 1 aromatic carbocycles. The van der Waals surface area contributed by atoms with Crippen molar-refractivity contribution in [3.8, 4) is 11.5 Å². The van der Waals surface area contributed by atoms with Crippen LogP contribution in [0.5, 0.6) is 0 Å². The summed E-state index contributed by atoms with van der Waals surface area (Å²) in [4.78, 5) is 4.18. The molecule has 0 aliphatic carbocycles. The normalized spacial score (nSPS) is 12.0. The molecule has 4 rings (SSSR count). The Labute approximate surface area is 163 Å². The molecule has 0 amide bonds. The van der Waals surface area contributed by atoms with Crippen LogP contribution in [0, 0.1) is 5.82 Å². The Morgan fingerprint density at radius 3 is 2.61 bits per heavy atom. The van der Waals surface area contributed by atoms with Crippen molar-refractivity contribution in [1.82, 2.24) is 24.7 Å². The van der Waals surface area contributed by atoms with Crippen LogP contribution in [-0.4, -0.2) is 24.7 Å². The van der Waals surface area contributed by atoms with Gasteiger partial charge in [0.05, 0.1) is 16.3 Å². The Bertz CT molecular complexity index is 1140. The summed E-state index contributed by atoms with van der Waals surface area (Å²) in [5.41, 5.74) is -0.262. The molecule has 0 aliphatic rings. The van der Waals surface area contributed by atoms with E-state index in [0.29, 0.717) is 11.4 Å². The Hall–Kier alpha value is -2.66. The number of alkyl halides is 3. The largest absolute Gasteiger partial charge is 0.417 e. The molecule has 0 spiro atoms. The summed E-state index contributed by atoms with van der Waals surface area (Å²) in [6.45, 7) is 0. The molecule has 0 radical (unpaired) electrons. The fourth-order valence-corrected chi connectivity index (χ4v) is 3.34. The molecule has 3 aromatic heterocycles. The zero-order valence-electron chi connectivity index (χ0n) is 13.6. The first kappa shape index (κ1) is 18.7. The van der Waals surface area contributed by atoms with Gasteiger partial charge in [-0.2, -0.15) is 18.2 Å². The second-order valence-electron chi connectivity index (χ2n) is 5.56. The quantitative estimate of drug-likeness (QED) is 0.340. The Kier molecular flexibility index (Phi) is 4.71. The monoisotopic (exact) mass is 429 g/mol. The lowest BCUT2D eigenvalue weighted by molar-refractivity contribution is -0.137. The molecule has 0 N–H and O–H groups in total. The number of nitrogens with zero attached hydrogens (tertiary/aromatic N) is 5. The predicted molar refractivity (Wildman–Crippen MR) is 92.3 cm³/mol. The zero-order valence-corrected chi connectivity index (χ0v) is 15.2. The van der Waals surface area contributed by atoms with Crippen molar-refractivity contribution >= 4 is 29.0 Å². The Morgan fingerprint density at radius 2 is 1.89 bits per heavy atom. The van der Waals surface area contributed by atoms with Gasteiger partial charge in [0, 0.05) is 11.8 Å². The summed E-state index contributed by atoms with van der Waals surface area (Å²) in [7, 11) is 0. The zero-order chi connectivity index (χ0) is 19.9. The number of hydrogen-bond donors (Lipinski definition) is 0. The molecule has 28 heavy (non-hydrogen) atoms. The molecule has 144 valence electrons. The summed E-state index contributed by atoms with van der Waals surface area (Å²) < 4.78 is 58.3. The first-order chi connectivity index (χ1) is 13.3. The van der Waals surface area contributed by atoms with Gasteiger partial charge in [-0.25, -0.2) is 4.39 Å². The van der Waals surface area contributed by atoms with Crippen molar-refractivity contribution in [3.05, 3.63) is 58.8 Å². The van der Waals surface area contributed by atoms with Crippen LogP contribution in [0.4, 0.5) is 17.6 Å². The second kappa shape index (κ2) is 7.06. The first-order valence-electron chi connectivity index (χ1n) is 7.64. The smallest absolute Gasteiger partial charge is 0.334 e. The highest BCUT2D eigenvalue weighted by atomic mass is 35.5. The van der Waals surface area contributed by atoms with Gasteiger partial charge in [0.15, 0.2) is 16.6 Å². The fraction of sp³-hybridized carbons (Fsp3) is 0.125. The predicted octanol–water partition coefficient (Wildman–Crippen LogP) is 4.88. The van der Waals surface area contributed by atoms with Gasteiger partial charge in [0.2, 0.25) is 0 Å². The van der Waals surface area contributed by atoms with E-state index in [4.69, 9.17) is 16.1 Å². The number of benzene rings is 1. The minimum absolute atomic E-state index is 0.109. The van der Waals surface area contributed by atoms with E-state index in [9.17, 15) is 17.6 Å². The molecule has 12 heteroatoms. The maximum Gasteiger partial charge on any atom is 0.417 e. The summed E-state index contributed by atoms with van der Waals surface area (Å²) in [5.74, 6) is 0.261. The third-order valence-corrected chi connectivity index (χ3v) is 4.86. The number of pyridine rings is 1. The lowest BCUT2D eigenvalue weighted by Crippen LogP contribution is -2.07. The third-order valence-electron chi connectivity index (χ3n) is 3.65. The number of thioether (sulfide) groups is 1. The minimum Gasteiger partial charge on any atom is -0.334 e. The Balaban J connectivity index is 1.56. The Morgan fingerprint density at radius 1 is 1.14 bits per heavy atom. The van der Waals surface area contributed by atoms with Crippen LogP contribution >= 0.6 is 23.4 Å². The van der Waals surface area contributed by atoms with Crippen LogP contribution in [0.15, 0.2) is 46.2 Å². The van der Waals surface area contributed by atoms with E-state index in [2.05, 4.69) is 20.3 Å². The molecule has 0 aliphatic heterocycles. The summed E-state index contributed by atoms with van der Waals surface area (Å²) >= 11 is 6.95. The van der Waals surface area contributed by atoms with Crippen LogP contribution in [0.1, 0.15) is 11.4 Å². The summed E-state index contributed by atoms with van der Waals surface area (Å²) in [5, 5.41) is 11.5. The lowest BCUT2D eigenvalue weighted by atomic mass is 10.2. The molecule has 0 unspecified atom stereocenters. The molecule has 6 nitrogen and oxygen atoms in total. The van der Waals surface area contributed by atoms with E-state index in [1.807, 2.05) is 0 Å². The first-order valence-corrected chi connectivity index (χ1v) is 9.00. The SMILES string of the molecule is Fc1ccc(-c2nc(CSc3nnc4c(Cl)cc(C(F)(F)F)cn34)no2)cc1. The number of aromatic nitrogens is 5. The van der Waals surface area contributed by atoms with Crippen molar-refractivity contribution in [2.45, 2.75) is 17.1 Å². The molecule has 4 aromatic rings. The molecule has 0 saturated carbocycles. The number of rotatable bonds is 4. The van der Waals surface area contributed by atoms with E-state index in [1.165, 1.54) is 24.3 Å². The van der Waals surface area contributed by atoms with E-state index < -0.39 is 17.6 Å². The lowest BCUT2D eigenvalue weighted by Gasteiger charge is -2.08. The van der Waals surface area contributed by atoms with Crippen molar-refractivity contribution in [3.63, 3.8) is 0 Å². The number of fused-ring (bicyclic) bond motifs is 1. The van der Waals surface area contributed by atoms with E-state index >= 15 is 0 Å². The summed E-state index contributed by atoms with van der Waals surface area (Å²) in [6.07, 6.45) is -3.68. The van der Waals surface area contributed by atoms with Crippen molar-refractivity contribution in [2.24, 2.45) is 0 Å². The fourth-order valence-electron chi connectivity index (χ4n) is 2.34. The third kappa shape index (κ3) is 3.67. The van der Waals surface area contributed by atoms with Crippen molar-refractivity contribution in [1.29, 1.82) is 0 Å². The highest BCUT2D eigenvalue weighted by molar-refractivity contribution is 7.98. The van der Waals surface area contributed by atoms with Gasteiger partial charge in [-0.05, 0) is 30.3 Å². The van der Waals surface area contributed by atoms with Gasteiger partial charge < -0.3 is 4.52 Å². The van der Waals surface area contributed by atoms with Gasteiger partial charge in [0.25, 0.3) is 5.89 Å². The van der Waals surface area contributed by atoms with Crippen LogP contribution in [-0.2, 0) is 11.9 Å². The topological polar surface area (TPSA) is 69.1 Å². The molecule has 0 saturated heterocycles. The standard InChI is InChI=1S/C16H8ClF4N5OS/c17-11-5-9(16(19,20)21)6-26-13(11)23-24-15(26)28-7-12-22-14(27-25-12)8-1-3-10(18)4-2-8/h1-6H,7H2. The van der Waals surface area contributed by atoms with Crippen molar-refractivity contribution < 1.29 is 22.1 Å². The molecular weight excluding hydrogens is 422 g/mol. The molecule has 0 fully saturated rings. The van der Waals surface area contributed by atoms with Gasteiger partial charge in [-0.1, -0.05) is 28.5 Å². The minimum atomic E-state index is -4.55. The average molecular weight is 430 g/mol. The van der Waals surface area contributed by atoms with Gasteiger partial charge in [0.1, 0.15) is 5.82 Å². The highest BCUT2D eigenvalue weighted by Gasteiger charge is 2.32. The van der Waals surface area contributed by atoms with E-state index in [1.54, 1.807) is 0 Å². The molecular formula is C16H8ClF4N5OS. The number of hydrogen-bond acceptors (Lipinski definition) is 6. The summed E-state index contributed by atoms with van der Waals surface area (Å²) in [6, 6.07) is 6.31. The average Bonchev–Trinajstić information content (AvgIpc) is 3.27. The van der Waals surface area contributed by atoms with Gasteiger partial charge >= 0.3 is 6.18 Å². The molecule has 0 bridgehead atoms. The molecule has 0 atom stereocenters. The second-order valence-corrected chi connectivity index (χ2v) is 6.91. The molecule has 3 heterocycles.